The van der Waals surface area contributed by atoms with E-state index in [0.29, 0.717) is 0 Å². The van der Waals surface area contributed by atoms with Gasteiger partial charge in [0.1, 0.15) is 0 Å². The fourth-order valence-electron chi connectivity index (χ4n) is 2.64. The molecule has 21 heavy (non-hydrogen) atoms. The van der Waals surface area contributed by atoms with Crippen molar-refractivity contribution in [1.29, 1.82) is 0 Å². The van der Waals surface area contributed by atoms with Crippen molar-refractivity contribution in [2.24, 2.45) is 0 Å². The molecule has 0 radical (unpaired) electrons. The van der Waals surface area contributed by atoms with Gasteiger partial charge in [0.2, 0.25) is 0 Å². The molecule has 1 aliphatic heterocycles. The van der Waals surface area contributed by atoms with Crippen molar-refractivity contribution in [2.75, 3.05) is 26.2 Å². The van der Waals surface area contributed by atoms with E-state index in [4.69, 9.17) is 0 Å². The summed E-state index contributed by atoms with van der Waals surface area (Å²) >= 11 is 1.68. The number of nitrogens with zero attached hydrogens (tertiary/aromatic N) is 1. The number of hydrogen-bond donors (Lipinski definition) is 2. The summed E-state index contributed by atoms with van der Waals surface area (Å²) in [5, 5.41) is 14.7. The number of phenolic OH excluding ortho intramolecular Hbond substituents is 1. The van der Waals surface area contributed by atoms with Crippen molar-refractivity contribution in [1.82, 2.24) is 10.2 Å². The van der Waals surface area contributed by atoms with Crippen LogP contribution in [0.15, 0.2) is 35.7 Å². The molecule has 1 atom stereocenters. The van der Waals surface area contributed by atoms with Gasteiger partial charge >= 0.3 is 0 Å². The average molecular weight is 329 g/mol. The second kappa shape index (κ2) is 7.22. The molecule has 1 aromatic carbocycles. The third kappa shape index (κ3) is 3.55. The minimum atomic E-state index is -0.556. The molecule has 2 heterocycles. The highest BCUT2D eigenvalue weighted by Gasteiger charge is 2.25. The molecule has 0 bridgehead atoms. The third-order valence-corrected chi connectivity index (χ3v) is 4.54. The second-order valence-corrected chi connectivity index (χ2v) is 5.89. The van der Waals surface area contributed by atoms with E-state index in [1.54, 1.807) is 11.3 Å². The number of benzene rings is 1. The number of halogens is 2. The molecular weight excluding hydrogens is 311 g/mol. The first-order valence-electron chi connectivity index (χ1n) is 6.72. The van der Waals surface area contributed by atoms with Crippen LogP contribution in [0.25, 0.3) is 0 Å². The molecule has 0 spiro atoms. The number of nitrogens with one attached hydrogen (secondary N) is 1. The van der Waals surface area contributed by atoms with Crippen molar-refractivity contribution >= 4 is 23.7 Å². The normalized spacial score (nSPS) is 17.2. The minimum absolute atomic E-state index is 0. The van der Waals surface area contributed by atoms with Gasteiger partial charge in [-0.15, -0.1) is 23.7 Å². The van der Waals surface area contributed by atoms with Gasteiger partial charge in [-0.2, -0.15) is 0 Å². The number of piperazine rings is 1. The molecule has 0 aliphatic carbocycles. The van der Waals surface area contributed by atoms with Crippen LogP contribution in [0.1, 0.15) is 16.5 Å². The number of hydrogen-bond acceptors (Lipinski definition) is 4. The Morgan fingerprint density at radius 3 is 2.62 bits per heavy atom. The Kier molecular flexibility index (Phi) is 5.58. The molecule has 2 N–H and O–H groups in total. The van der Waals surface area contributed by atoms with Crippen LogP contribution in [0.3, 0.4) is 0 Å². The summed E-state index contributed by atoms with van der Waals surface area (Å²) in [6, 6.07) is 8.86. The van der Waals surface area contributed by atoms with Crippen molar-refractivity contribution in [3.05, 3.63) is 52.0 Å². The van der Waals surface area contributed by atoms with Crippen molar-refractivity contribution in [3.8, 4) is 5.75 Å². The molecule has 1 aromatic heterocycles. The Bertz CT molecular complexity index is 573. The van der Waals surface area contributed by atoms with E-state index in [9.17, 15) is 9.50 Å². The van der Waals surface area contributed by atoms with Crippen LogP contribution < -0.4 is 5.32 Å². The first-order chi connectivity index (χ1) is 9.75. The van der Waals surface area contributed by atoms with Crippen LogP contribution in [0.5, 0.6) is 5.75 Å². The summed E-state index contributed by atoms with van der Waals surface area (Å²) in [5.74, 6) is -0.849. The average Bonchev–Trinajstić information content (AvgIpc) is 2.98. The summed E-state index contributed by atoms with van der Waals surface area (Å²) in [5.41, 5.74) is 0.893. The number of aromatic hydroxyl groups is 1. The smallest absolute Gasteiger partial charge is 0.165 e. The van der Waals surface area contributed by atoms with Crippen LogP contribution in [0, 0.1) is 5.82 Å². The SMILES string of the molecule is Cl.Oc1ccc([C@@H](c2cccs2)N2CCNCC2)cc1F. The van der Waals surface area contributed by atoms with Gasteiger partial charge in [0.15, 0.2) is 11.6 Å². The lowest BCUT2D eigenvalue weighted by Crippen LogP contribution is -2.45. The molecule has 0 saturated carbocycles. The van der Waals surface area contributed by atoms with Crippen LogP contribution in [0.2, 0.25) is 0 Å². The Labute approximate surface area is 133 Å². The van der Waals surface area contributed by atoms with Gasteiger partial charge in [-0.1, -0.05) is 12.1 Å². The van der Waals surface area contributed by atoms with E-state index in [-0.39, 0.29) is 24.2 Å². The van der Waals surface area contributed by atoms with E-state index in [0.717, 1.165) is 31.7 Å². The van der Waals surface area contributed by atoms with E-state index >= 15 is 0 Å². The van der Waals surface area contributed by atoms with Gasteiger partial charge in [-0.3, -0.25) is 4.90 Å². The zero-order valence-corrected chi connectivity index (χ0v) is 13.1. The van der Waals surface area contributed by atoms with Gasteiger partial charge in [-0.25, -0.2) is 4.39 Å². The molecule has 1 saturated heterocycles. The summed E-state index contributed by atoms with van der Waals surface area (Å²) < 4.78 is 13.7. The molecule has 1 fully saturated rings. The fourth-order valence-corrected chi connectivity index (χ4v) is 3.52. The monoisotopic (exact) mass is 328 g/mol. The minimum Gasteiger partial charge on any atom is -0.505 e. The highest BCUT2D eigenvalue weighted by molar-refractivity contribution is 7.10. The maximum absolute atomic E-state index is 13.7. The molecule has 6 heteroatoms. The van der Waals surface area contributed by atoms with E-state index in [1.165, 1.54) is 17.0 Å². The van der Waals surface area contributed by atoms with Crippen LogP contribution in [-0.2, 0) is 0 Å². The van der Waals surface area contributed by atoms with Crippen molar-refractivity contribution < 1.29 is 9.50 Å². The third-order valence-electron chi connectivity index (χ3n) is 3.62. The highest BCUT2D eigenvalue weighted by atomic mass is 35.5. The predicted molar refractivity (Wildman–Crippen MR) is 85.9 cm³/mol. The zero-order chi connectivity index (χ0) is 13.9. The molecule has 2 aromatic rings. The lowest BCUT2D eigenvalue weighted by Gasteiger charge is -2.34. The predicted octanol–water partition coefficient (Wildman–Crippen LogP) is 3.01. The van der Waals surface area contributed by atoms with Crippen LogP contribution in [-0.4, -0.2) is 36.2 Å². The summed E-state index contributed by atoms with van der Waals surface area (Å²) in [6.07, 6.45) is 0. The summed E-state index contributed by atoms with van der Waals surface area (Å²) in [4.78, 5) is 3.56. The summed E-state index contributed by atoms with van der Waals surface area (Å²) in [7, 11) is 0. The maximum Gasteiger partial charge on any atom is 0.165 e. The molecule has 0 unspecified atom stereocenters. The Hall–Kier alpha value is -1.14. The van der Waals surface area contributed by atoms with Gasteiger partial charge in [0.25, 0.3) is 0 Å². The largest absolute Gasteiger partial charge is 0.505 e. The van der Waals surface area contributed by atoms with Crippen LogP contribution >= 0.6 is 23.7 Å². The van der Waals surface area contributed by atoms with E-state index < -0.39 is 5.82 Å². The maximum atomic E-state index is 13.7. The Morgan fingerprint density at radius 2 is 2.00 bits per heavy atom. The quantitative estimate of drug-likeness (QED) is 0.909. The standard InChI is InChI=1S/C15H17FN2OS.ClH/c16-12-10-11(3-4-13(12)19)15(14-2-1-9-20-14)18-7-5-17-6-8-18;/h1-4,9-10,15,17,19H,5-8H2;1H/t15-;/m0./s1. The Balaban J connectivity index is 0.00000161. The Morgan fingerprint density at radius 1 is 1.24 bits per heavy atom. The lowest BCUT2D eigenvalue weighted by molar-refractivity contribution is 0.200. The topological polar surface area (TPSA) is 35.5 Å². The van der Waals surface area contributed by atoms with Gasteiger partial charge in [0, 0.05) is 31.1 Å². The molecule has 3 nitrogen and oxygen atoms in total. The summed E-state index contributed by atoms with van der Waals surface area (Å²) in [6.45, 7) is 3.76. The molecule has 114 valence electrons. The number of rotatable bonds is 3. The number of phenols is 1. The van der Waals surface area contributed by atoms with Gasteiger partial charge in [-0.05, 0) is 29.1 Å². The molecular formula is C15H18ClFN2OS. The zero-order valence-electron chi connectivity index (χ0n) is 11.5. The first-order valence-corrected chi connectivity index (χ1v) is 7.60. The fraction of sp³-hybridized carbons (Fsp3) is 0.333. The molecule has 0 amide bonds. The molecule has 1 aliphatic rings. The molecule has 3 rings (SSSR count). The first kappa shape index (κ1) is 16.2. The second-order valence-electron chi connectivity index (χ2n) is 4.91. The van der Waals surface area contributed by atoms with Crippen molar-refractivity contribution in [2.45, 2.75) is 6.04 Å². The van der Waals surface area contributed by atoms with E-state index in [2.05, 4.69) is 16.3 Å². The van der Waals surface area contributed by atoms with Crippen LogP contribution in [0.4, 0.5) is 4.39 Å². The number of thiophene rings is 1. The lowest BCUT2D eigenvalue weighted by atomic mass is 10.0. The van der Waals surface area contributed by atoms with E-state index in [1.807, 2.05) is 17.5 Å². The van der Waals surface area contributed by atoms with Gasteiger partial charge in [0.05, 0.1) is 6.04 Å². The van der Waals surface area contributed by atoms with Gasteiger partial charge < -0.3 is 10.4 Å². The van der Waals surface area contributed by atoms with Crippen molar-refractivity contribution in [3.63, 3.8) is 0 Å². The highest BCUT2D eigenvalue weighted by Crippen LogP contribution is 2.33.